The first-order valence-electron chi connectivity index (χ1n) is 7.92. The van der Waals surface area contributed by atoms with Gasteiger partial charge in [0.15, 0.2) is 0 Å². The minimum Gasteiger partial charge on any atom is -0.342 e. The normalized spacial score (nSPS) is 14.0. The zero-order valence-electron chi connectivity index (χ0n) is 13.5. The first kappa shape index (κ1) is 16.2. The summed E-state index contributed by atoms with van der Waals surface area (Å²) in [4.78, 5) is 31.0. The Morgan fingerprint density at radius 2 is 2.04 bits per heavy atom. The van der Waals surface area contributed by atoms with Gasteiger partial charge in [-0.2, -0.15) is 0 Å². The fraction of sp³-hybridized carbons (Fsp3) is 0.353. The van der Waals surface area contributed by atoms with E-state index in [0.29, 0.717) is 17.3 Å². The summed E-state index contributed by atoms with van der Waals surface area (Å²) in [6.45, 7) is 3.25. The smallest absolute Gasteiger partial charge is 0.255 e. The van der Waals surface area contributed by atoms with Crippen molar-refractivity contribution in [3.63, 3.8) is 0 Å². The summed E-state index contributed by atoms with van der Waals surface area (Å²) in [7, 11) is 0. The number of nitrogens with zero attached hydrogens (tertiary/aromatic N) is 3. The number of halogens is 1. The van der Waals surface area contributed by atoms with Crippen molar-refractivity contribution in [2.45, 2.75) is 26.3 Å². The molecule has 1 aromatic heterocycles. The maximum Gasteiger partial charge on any atom is 0.255 e. The van der Waals surface area contributed by atoms with Crippen LogP contribution in [-0.4, -0.2) is 28.5 Å². The van der Waals surface area contributed by atoms with Crippen molar-refractivity contribution in [3.05, 3.63) is 52.2 Å². The molecular formula is C17H19FN4O2. The van der Waals surface area contributed by atoms with Gasteiger partial charge < -0.3 is 10.2 Å². The Kier molecular flexibility index (Phi) is 4.59. The van der Waals surface area contributed by atoms with Gasteiger partial charge in [-0.05, 0) is 38.0 Å². The van der Waals surface area contributed by atoms with E-state index >= 15 is 0 Å². The fourth-order valence-corrected chi connectivity index (χ4v) is 2.82. The molecule has 126 valence electrons. The first-order chi connectivity index (χ1) is 11.5. The van der Waals surface area contributed by atoms with Crippen LogP contribution in [-0.2, 0) is 11.3 Å². The van der Waals surface area contributed by atoms with E-state index in [1.807, 2.05) is 4.90 Å². The number of amides is 1. The van der Waals surface area contributed by atoms with Crippen molar-refractivity contribution < 1.29 is 9.18 Å². The average molecular weight is 330 g/mol. The number of hydrogen-bond donors (Lipinski definition) is 1. The van der Waals surface area contributed by atoms with E-state index in [-0.39, 0.29) is 12.1 Å². The van der Waals surface area contributed by atoms with E-state index in [1.54, 1.807) is 13.0 Å². The average Bonchev–Trinajstić information content (AvgIpc) is 3.04. The number of rotatable bonds is 4. The van der Waals surface area contributed by atoms with E-state index in [0.717, 1.165) is 25.9 Å². The number of benzene rings is 1. The van der Waals surface area contributed by atoms with Gasteiger partial charge in [0.25, 0.3) is 5.56 Å². The number of nitrogens with one attached hydrogen (secondary N) is 1. The van der Waals surface area contributed by atoms with Crippen molar-refractivity contribution in [2.24, 2.45) is 0 Å². The van der Waals surface area contributed by atoms with E-state index in [2.05, 4.69) is 10.3 Å². The molecular weight excluding hydrogens is 311 g/mol. The lowest BCUT2D eigenvalue weighted by Gasteiger charge is -2.21. The molecule has 2 heterocycles. The van der Waals surface area contributed by atoms with Gasteiger partial charge in [0.1, 0.15) is 12.4 Å². The molecule has 1 aliphatic heterocycles. The third-order valence-electron chi connectivity index (χ3n) is 3.92. The van der Waals surface area contributed by atoms with E-state index in [9.17, 15) is 14.0 Å². The van der Waals surface area contributed by atoms with Crippen LogP contribution in [0.1, 0.15) is 18.5 Å². The lowest BCUT2D eigenvalue weighted by Crippen LogP contribution is -2.34. The van der Waals surface area contributed by atoms with Crippen LogP contribution in [0.5, 0.6) is 0 Å². The highest BCUT2D eigenvalue weighted by Crippen LogP contribution is 2.17. The minimum absolute atomic E-state index is 0.158. The first-order valence-corrected chi connectivity index (χ1v) is 7.92. The molecule has 1 aromatic carbocycles. The number of carbonyl (C=O) groups excluding carboxylic acids is 1. The van der Waals surface area contributed by atoms with Crippen LogP contribution in [0, 0.1) is 12.7 Å². The van der Waals surface area contributed by atoms with E-state index in [4.69, 9.17) is 0 Å². The van der Waals surface area contributed by atoms with E-state index < -0.39 is 11.7 Å². The highest BCUT2D eigenvalue weighted by atomic mass is 19.1. The molecule has 0 radical (unpaired) electrons. The Balaban J connectivity index is 1.83. The molecule has 0 saturated carbocycles. The predicted octanol–water partition coefficient (Wildman–Crippen LogP) is 1.93. The van der Waals surface area contributed by atoms with Gasteiger partial charge in [0.05, 0.1) is 0 Å². The number of anilines is 2. The summed E-state index contributed by atoms with van der Waals surface area (Å²) < 4.78 is 14.6. The second-order valence-corrected chi connectivity index (χ2v) is 5.87. The number of aryl methyl sites for hydroxylation is 1. The van der Waals surface area contributed by atoms with Gasteiger partial charge in [-0.25, -0.2) is 9.37 Å². The zero-order valence-corrected chi connectivity index (χ0v) is 13.5. The molecule has 0 unspecified atom stereocenters. The Labute approximate surface area is 138 Å². The molecule has 7 heteroatoms. The van der Waals surface area contributed by atoms with Crippen LogP contribution in [0.15, 0.2) is 35.1 Å². The molecule has 3 rings (SSSR count). The largest absolute Gasteiger partial charge is 0.342 e. The summed E-state index contributed by atoms with van der Waals surface area (Å²) >= 11 is 0. The van der Waals surface area contributed by atoms with Gasteiger partial charge in [0, 0.05) is 30.5 Å². The summed E-state index contributed by atoms with van der Waals surface area (Å²) in [6.07, 6.45) is 2.08. The van der Waals surface area contributed by atoms with Crippen LogP contribution >= 0.6 is 0 Å². The zero-order chi connectivity index (χ0) is 17.1. The van der Waals surface area contributed by atoms with Gasteiger partial charge in [-0.15, -0.1) is 0 Å². The van der Waals surface area contributed by atoms with Crippen LogP contribution in [0.3, 0.4) is 0 Å². The highest BCUT2D eigenvalue weighted by molar-refractivity contribution is 5.90. The summed E-state index contributed by atoms with van der Waals surface area (Å²) in [6, 6.07) is 7.05. The van der Waals surface area contributed by atoms with Crippen molar-refractivity contribution in [3.8, 4) is 0 Å². The van der Waals surface area contributed by atoms with Crippen molar-refractivity contribution in [2.75, 3.05) is 23.3 Å². The molecule has 0 bridgehead atoms. The number of hydrogen-bond acceptors (Lipinski definition) is 4. The lowest BCUT2D eigenvalue weighted by atomic mass is 10.3. The van der Waals surface area contributed by atoms with Crippen LogP contribution in [0.25, 0.3) is 0 Å². The number of aromatic nitrogens is 2. The number of carbonyl (C=O) groups is 1. The monoisotopic (exact) mass is 330 g/mol. The third-order valence-corrected chi connectivity index (χ3v) is 3.92. The molecule has 6 nitrogen and oxygen atoms in total. The molecule has 0 atom stereocenters. The predicted molar refractivity (Wildman–Crippen MR) is 89.7 cm³/mol. The van der Waals surface area contributed by atoms with Crippen molar-refractivity contribution in [1.82, 2.24) is 9.55 Å². The van der Waals surface area contributed by atoms with Crippen LogP contribution < -0.4 is 15.8 Å². The molecule has 0 spiro atoms. The van der Waals surface area contributed by atoms with Gasteiger partial charge >= 0.3 is 0 Å². The SMILES string of the molecule is Cc1cc(=O)n(CC(=O)Nc2cccc(F)c2)c(N2CCCC2)n1. The Hall–Kier alpha value is -2.70. The highest BCUT2D eigenvalue weighted by Gasteiger charge is 2.20. The second kappa shape index (κ2) is 6.82. The maximum atomic E-state index is 13.2. The topological polar surface area (TPSA) is 67.2 Å². The van der Waals surface area contributed by atoms with Crippen LogP contribution in [0.2, 0.25) is 0 Å². The molecule has 1 aliphatic rings. The third kappa shape index (κ3) is 3.61. The van der Waals surface area contributed by atoms with Crippen molar-refractivity contribution >= 4 is 17.5 Å². The molecule has 24 heavy (non-hydrogen) atoms. The van der Waals surface area contributed by atoms with E-state index in [1.165, 1.54) is 28.8 Å². The van der Waals surface area contributed by atoms with Gasteiger partial charge in [-0.1, -0.05) is 6.07 Å². The molecule has 0 aliphatic carbocycles. The van der Waals surface area contributed by atoms with Crippen LogP contribution in [0.4, 0.5) is 16.0 Å². The quantitative estimate of drug-likeness (QED) is 0.930. The molecule has 1 fully saturated rings. The lowest BCUT2D eigenvalue weighted by molar-refractivity contribution is -0.116. The second-order valence-electron chi connectivity index (χ2n) is 5.87. The van der Waals surface area contributed by atoms with Gasteiger partial charge in [0.2, 0.25) is 11.9 Å². The summed E-state index contributed by atoms with van der Waals surface area (Å²) in [5.41, 5.74) is 0.721. The Bertz CT molecular complexity index is 812. The summed E-state index contributed by atoms with van der Waals surface area (Å²) in [5.74, 6) is -0.305. The molecule has 1 N–H and O–H groups in total. The Morgan fingerprint density at radius 3 is 2.75 bits per heavy atom. The fourth-order valence-electron chi connectivity index (χ4n) is 2.82. The molecule has 1 saturated heterocycles. The summed E-state index contributed by atoms with van der Waals surface area (Å²) in [5, 5.41) is 2.61. The van der Waals surface area contributed by atoms with Gasteiger partial charge in [-0.3, -0.25) is 14.2 Å². The van der Waals surface area contributed by atoms with Crippen molar-refractivity contribution in [1.29, 1.82) is 0 Å². The maximum absolute atomic E-state index is 13.2. The Morgan fingerprint density at radius 1 is 1.29 bits per heavy atom. The standard InChI is InChI=1S/C17H19FN4O2/c1-12-9-16(24)22(17(19-12)21-7-2-3-8-21)11-15(23)20-14-6-4-5-13(18)10-14/h4-6,9-10H,2-3,7-8,11H2,1H3,(H,20,23). The molecule has 2 aromatic rings. The minimum atomic E-state index is -0.431. The molecule has 1 amide bonds.